The number of rotatable bonds is 5. The summed E-state index contributed by atoms with van der Waals surface area (Å²) in [4.78, 5) is 18.4. The Morgan fingerprint density at radius 1 is 1.23 bits per heavy atom. The smallest absolute Gasteiger partial charge is 0.417 e. The van der Waals surface area contributed by atoms with Gasteiger partial charge in [0.2, 0.25) is 4.96 Å². The summed E-state index contributed by atoms with van der Waals surface area (Å²) >= 11 is 1.32. The Bertz CT molecular complexity index is 1560. The van der Waals surface area contributed by atoms with Crippen LogP contribution in [0, 0.1) is 0 Å². The first-order valence-corrected chi connectivity index (χ1v) is 10.9. The number of sulfonamides is 1. The van der Waals surface area contributed by atoms with Crippen molar-refractivity contribution in [2.75, 3.05) is 11.8 Å². The molecule has 5 rings (SSSR count). The molecule has 0 aliphatic rings. The van der Waals surface area contributed by atoms with Crippen molar-refractivity contribution in [1.29, 1.82) is 0 Å². The first kappa shape index (κ1) is 18.4. The van der Waals surface area contributed by atoms with Crippen molar-refractivity contribution in [1.82, 2.24) is 19.6 Å². The Kier molecular flexibility index (Phi) is 4.11. The van der Waals surface area contributed by atoms with Crippen LogP contribution in [0.15, 0.2) is 62.0 Å². The van der Waals surface area contributed by atoms with Crippen molar-refractivity contribution >= 4 is 43.4 Å². The zero-order valence-corrected chi connectivity index (χ0v) is 17.0. The van der Waals surface area contributed by atoms with Gasteiger partial charge in [0.05, 0.1) is 23.2 Å². The number of aromatic amines is 1. The van der Waals surface area contributed by atoms with E-state index in [4.69, 9.17) is 9.15 Å². The number of hydrogen-bond donors (Lipinski definition) is 2. The molecule has 0 radical (unpaired) electrons. The zero-order valence-electron chi connectivity index (χ0n) is 15.3. The second-order valence-electron chi connectivity index (χ2n) is 6.23. The van der Waals surface area contributed by atoms with Gasteiger partial charge in [-0.2, -0.15) is 4.98 Å². The van der Waals surface area contributed by atoms with Gasteiger partial charge in [-0.1, -0.05) is 12.1 Å². The average Bonchev–Trinajstić information content (AvgIpc) is 3.39. The third-order valence-corrected chi connectivity index (χ3v) is 6.53. The number of nitrogens with one attached hydrogen (secondary N) is 2. The highest BCUT2D eigenvalue weighted by atomic mass is 32.2. The SMILES string of the molecule is COc1ccccc1-c1csc2nc(NS(=O)(=O)c3ccc4[nH]c(=O)oc4c3)nn12. The van der Waals surface area contributed by atoms with Crippen molar-refractivity contribution in [3.8, 4) is 17.0 Å². The number of methoxy groups -OCH3 is 1. The molecular formula is C18H13N5O5S2. The fourth-order valence-electron chi connectivity index (χ4n) is 3.04. The molecule has 0 spiro atoms. The molecular weight excluding hydrogens is 430 g/mol. The Balaban J connectivity index is 1.52. The lowest BCUT2D eigenvalue weighted by atomic mass is 10.1. The molecule has 0 amide bonds. The third-order valence-electron chi connectivity index (χ3n) is 4.39. The van der Waals surface area contributed by atoms with E-state index in [1.54, 1.807) is 11.6 Å². The molecule has 3 aromatic heterocycles. The van der Waals surface area contributed by atoms with Crippen LogP contribution in [0.3, 0.4) is 0 Å². The van der Waals surface area contributed by atoms with Crippen molar-refractivity contribution in [3.63, 3.8) is 0 Å². The Hall–Kier alpha value is -3.64. The molecule has 10 nitrogen and oxygen atoms in total. The first-order chi connectivity index (χ1) is 14.4. The Morgan fingerprint density at radius 3 is 2.90 bits per heavy atom. The summed E-state index contributed by atoms with van der Waals surface area (Å²) in [5.74, 6) is -0.0721. The van der Waals surface area contributed by atoms with Crippen molar-refractivity contribution in [2.45, 2.75) is 4.90 Å². The summed E-state index contributed by atoms with van der Waals surface area (Å²) in [6.45, 7) is 0. The third kappa shape index (κ3) is 3.02. The fraction of sp³-hybridized carbons (Fsp3) is 0.0556. The lowest BCUT2D eigenvalue weighted by Crippen LogP contribution is -2.14. The average molecular weight is 443 g/mol. The summed E-state index contributed by atoms with van der Waals surface area (Å²) < 4.78 is 39.8. The van der Waals surface area contributed by atoms with Gasteiger partial charge in [-0.3, -0.25) is 4.98 Å². The van der Waals surface area contributed by atoms with E-state index in [-0.39, 0.29) is 16.4 Å². The quantitative estimate of drug-likeness (QED) is 0.427. The number of para-hydroxylation sites is 1. The van der Waals surface area contributed by atoms with Crippen LogP contribution in [-0.4, -0.2) is 35.1 Å². The van der Waals surface area contributed by atoms with E-state index in [2.05, 4.69) is 19.8 Å². The maximum Gasteiger partial charge on any atom is 0.417 e. The highest BCUT2D eigenvalue weighted by Gasteiger charge is 2.20. The van der Waals surface area contributed by atoms with Gasteiger partial charge in [0.15, 0.2) is 5.58 Å². The Labute approximate surface area is 172 Å². The maximum atomic E-state index is 12.8. The molecule has 0 saturated carbocycles. The molecule has 0 saturated heterocycles. The van der Waals surface area contributed by atoms with E-state index in [0.717, 1.165) is 11.3 Å². The largest absolute Gasteiger partial charge is 0.496 e. The molecule has 2 aromatic carbocycles. The van der Waals surface area contributed by atoms with Crippen LogP contribution in [0.2, 0.25) is 0 Å². The van der Waals surface area contributed by atoms with Crippen molar-refractivity contribution in [3.05, 3.63) is 58.4 Å². The molecule has 12 heteroatoms. The predicted octanol–water partition coefficient (Wildman–Crippen LogP) is 2.70. The summed E-state index contributed by atoms with van der Waals surface area (Å²) in [5.41, 5.74) is 2.07. The highest BCUT2D eigenvalue weighted by molar-refractivity contribution is 7.92. The monoisotopic (exact) mass is 443 g/mol. The van der Waals surface area contributed by atoms with Crippen LogP contribution < -0.4 is 15.2 Å². The number of oxazole rings is 1. The van der Waals surface area contributed by atoms with Gasteiger partial charge in [-0.15, -0.1) is 16.4 Å². The second-order valence-corrected chi connectivity index (χ2v) is 8.75. The molecule has 152 valence electrons. The molecule has 0 aliphatic carbocycles. The van der Waals surface area contributed by atoms with Crippen LogP contribution >= 0.6 is 11.3 Å². The summed E-state index contributed by atoms with van der Waals surface area (Å²) in [6.07, 6.45) is 0. The highest BCUT2D eigenvalue weighted by Crippen LogP contribution is 2.32. The fourth-order valence-corrected chi connectivity index (χ4v) is 4.81. The number of nitrogens with zero attached hydrogens (tertiary/aromatic N) is 3. The molecule has 30 heavy (non-hydrogen) atoms. The molecule has 3 heterocycles. The van der Waals surface area contributed by atoms with Crippen LogP contribution in [0.4, 0.5) is 5.95 Å². The lowest BCUT2D eigenvalue weighted by molar-refractivity contribution is 0.416. The van der Waals surface area contributed by atoms with Gasteiger partial charge < -0.3 is 9.15 Å². The van der Waals surface area contributed by atoms with E-state index < -0.39 is 15.8 Å². The molecule has 0 bridgehead atoms. The van der Waals surface area contributed by atoms with Gasteiger partial charge in [0.1, 0.15) is 5.75 Å². The number of fused-ring (bicyclic) bond motifs is 2. The number of benzene rings is 2. The predicted molar refractivity (Wildman–Crippen MR) is 110 cm³/mol. The minimum Gasteiger partial charge on any atom is -0.496 e. The second kappa shape index (κ2) is 6.71. The van der Waals surface area contributed by atoms with Crippen LogP contribution in [0.5, 0.6) is 5.75 Å². The molecule has 0 atom stereocenters. The minimum atomic E-state index is -4.00. The summed E-state index contributed by atoms with van der Waals surface area (Å²) in [5, 5.41) is 6.16. The van der Waals surface area contributed by atoms with Crippen LogP contribution in [0.25, 0.3) is 27.3 Å². The van der Waals surface area contributed by atoms with E-state index >= 15 is 0 Å². The standard InChI is InChI=1S/C18H13N5O5S2/c1-27-14-5-3-2-4-11(14)13-9-29-17-20-16(21-23(13)17)22-30(25,26)10-6-7-12-15(8-10)28-18(24)19-12/h2-9H,1H3,(H,19,24)(H,21,22). The molecule has 0 unspecified atom stereocenters. The van der Waals surface area contributed by atoms with Crippen LogP contribution in [-0.2, 0) is 10.0 Å². The van der Waals surface area contributed by atoms with E-state index in [0.29, 0.717) is 16.2 Å². The first-order valence-electron chi connectivity index (χ1n) is 8.58. The molecule has 5 aromatic rings. The summed E-state index contributed by atoms with van der Waals surface area (Å²) in [6, 6.07) is 11.5. The van der Waals surface area contributed by atoms with Gasteiger partial charge >= 0.3 is 5.76 Å². The van der Waals surface area contributed by atoms with Crippen LogP contribution in [0.1, 0.15) is 0 Å². The lowest BCUT2D eigenvalue weighted by Gasteiger charge is -2.06. The maximum absolute atomic E-state index is 12.8. The zero-order chi connectivity index (χ0) is 20.9. The number of thiazole rings is 1. The minimum absolute atomic E-state index is 0.0754. The van der Waals surface area contributed by atoms with Crippen molar-refractivity contribution < 1.29 is 17.6 Å². The van der Waals surface area contributed by atoms with E-state index in [1.807, 2.05) is 29.6 Å². The van der Waals surface area contributed by atoms with E-state index in [1.165, 1.54) is 29.5 Å². The van der Waals surface area contributed by atoms with Gasteiger partial charge in [-0.25, -0.2) is 22.4 Å². The number of aromatic nitrogens is 4. The van der Waals surface area contributed by atoms with Gasteiger partial charge in [0, 0.05) is 17.0 Å². The molecule has 0 fully saturated rings. The molecule has 0 aliphatic heterocycles. The van der Waals surface area contributed by atoms with E-state index in [9.17, 15) is 13.2 Å². The Morgan fingerprint density at radius 2 is 2.07 bits per heavy atom. The number of hydrogen-bond acceptors (Lipinski definition) is 8. The number of ether oxygens (including phenoxy) is 1. The number of H-pyrrole nitrogens is 1. The topological polar surface area (TPSA) is 132 Å². The van der Waals surface area contributed by atoms with Crippen molar-refractivity contribution in [2.24, 2.45) is 0 Å². The normalized spacial score (nSPS) is 11.9. The van der Waals surface area contributed by atoms with Gasteiger partial charge in [-0.05, 0) is 24.3 Å². The number of anilines is 1. The summed E-state index contributed by atoms with van der Waals surface area (Å²) in [7, 11) is -2.42. The molecule has 2 N–H and O–H groups in total. The van der Waals surface area contributed by atoms with Gasteiger partial charge in [0.25, 0.3) is 16.0 Å².